The summed E-state index contributed by atoms with van der Waals surface area (Å²) in [5, 5.41) is 0. The summed E-state index contributed by atoms with van der Waals surface area (Å²) in [5.74, 6) is 0.172. The summed E-state index contributed by atoms with van der Waals surface area (Å²) in [6, 6.07) is 51.6. The Morgan fingerprint density at radius 3 is 1.17 bits per heavy atom. The van der Waals surface area contributed by atoms with Crippen molar-refractivity contribution in [1.29, 1.82) is 0 Å². The Labute approximate surface area is 480 Å². The molecule has 1 nitrogen and oxygen atoms in total. The van der Waals surface area contributed by atoms with Gasteiger partial charge in [-0.25, -0.2) is 0 Å². The van der Waals surface area contributed by atoms with E-state index in [1.165, 1.54) is 111 Å². The number of halogens is 1. The Hall–Kier alpha value is -4.45. The fraction of sp³-hybridized carbons (Fsp3) is 0.279. The van der Waals surface area contributed by atoms with Crippen LogP contribution >= 0.6 is 15.9 Å². The van der Waals surface area contributed by atoms with Crippen molar-refractivity contribution in [2.45, 2.75) is 128 Å². The van der Waals surface area contributed by atoms with Gasteiger partial charge in [-0.15, -0.1) is 0 Å². The Morgan fingerprint density at radius 2 is 0.718 bits per heavy atom. The van der Waals surface area contributed by atoms with Crippen molar-refractivity contribution >= 4 is 21.7 Å². The van der Waals surface area contributed by atoms with Gasteiger partial charge in [0.15, 0.2) is 5.78 Å². The average Bonchev–Trinajstić information content (AvgIpc) is 3.83. The maximum Gasteiger partial charge on any atom is 1.00 e. The number of benzene rings is 8. The quantitative estimate of drug-likeness (QED) is 0.150. The first-order chi connectivity index (χ1) is 32.1. The van der Waals surface area contributed by atoms with Crippen molar-refractivity contribution in [2.24, 2.45) is 0 Å². The number of rotatable bonds is 1. The van der Waals surface area contributed by atoms with Gasteiger partial charge in [-0.05, 0) is 207 Å². The van der Waals surface area contributed by atoms with Gasteiger partial charge < -0.3 is 1.43 Å². The monoisotopic (exact) mass is 1020 g/mol. The van der Waals surface area contributed by atoms with Gasteiger partial charge in [0.2, 0.25) is 0 Å². The van der Waals surface area contributed by atoms with Crippen LogP contribution < -0.4 is 51.4 Å². The van der Waals surface area contributed by atoms with Crippen molar-refractivity contribution in [1.82, 2.24) is 0 Å². The first-order valence-corrected chi connectivity index (χ1v) is 25.0. The van der Waals surface area contributed by atoms with Crippen LogP contribution in [0.4, 0.5) is 0 Å². The van der Waals surface area contributed by atoms with E-state index in [-0.39, 0.29) is 89.7 Å². The molecular weight excluding hydrogens is 952 g/mol. The molecule has 0 N–H and O–H groups in total. The predicted octanol–water partition coefficient (Wildman–Crippen LogP) is 16.5. The van der Waals surface area contributed by atoms with Crippen LogP contribution in [0, 0.1) is 55.4 Å². The van der Waals surface area contributed by atoms with Crippen LogP contribution in [-0.2, 0) is 16.2 Å². The second-order valence-electron chi connectivity index (χ2n) is 21.9. The molecule has 1 spiro atoms. The first kappa shape index (κ1) is 55.9. The molecule has 0 aliphatic heterocycles. The number of hydrogen-bond acceptors (Lipinski definition) is 1. The molecule has 71 heavy (non-hydrogen) atoms. The topological polar surface area (TPSA) is 17.1 Å². The molecule has 360 valence electrons. The molecule has 0 aromatic heterocycles. The molecule has 8 aromatic carbocycles. The van der Waals surface area contributed by atoms with Crippen LogP contribution in [0.15, 0.2) is 144 Å². The molecule has 0 amide bonds. The third-order valence-corrected chi connectivity index (χ3v) is 16.0. The third-order valence-electron chi connectivity index (χ3n) is 15.3. The van der Waals surface area contributed by atoms with Gasteiger partial charge in [-0.2, -0.15) is 0 Å². The Morgan fingerprint density at radius 1 is 0.366 bits per heavy atom. The molecule has 0 bridgehead atoms. The van der Waals surface area contributed by atoms with Gasteiger partial charge in [0.25, 0.3) is 0 Å². The zero-order valence-electron chi connectivity index (χ0n) is 44.6. The third kappa shape index (κ3) is 9.78. The van der Waals surface area contributed by atoms with Crippen LogP contribution in [0.1, 0.15) is 152 Å². The molecule has 0 fully saturated rings. The van der Waals surface area contributed by atoms with Crippen LogP contribution in [0.25, 0.3) is 44.5 Å². The molecule has 11 rings (SSSR count). The summed E-state index contributed by atoms with van der Waals surface area (Å²) in [6.45, 7) is 31.0. The van der Waals surface area contributed by atoms with Crippen LogP contribution in [0.2, 0.25) is 0 Å². The van der Waals surface area contributed by atoms with E-state index in [2.05, 4.69) is 234 Å². The molecule has 3 aliphatic rings. The van der Waals surface area contributed by atoms with Gasteiger partial charge in [0.1, 0.15) is 0 Å². The Balaban J connectivity index is 0.000000212. The van der Waals surface area contributed by atoms with E-state index in [9.17, 15) is 4.79 Å². The minimum Gasteiger partial charge on any atom is -1.00 e. The maximum atomic E-state index is 12.4. The van der Waals surface area contributed by atoms with E-state index in [1.807, 2.05) is 18.2 Å². The van der Waals surface area contributed by atoms with E-state index in [1.54, 1.807) is 0 Å². The predicted molar refractivity (Wildman–Crippen MR) is 307 cm³/mol. The van der Waals surface area contributed by atoms with Gasteiger partial charge in [0, 0.05) is 15.6 Å². The molecule has 0 heterocycles. The average molecular weight is 1030 g/mol. The first-order valence-electron chi connectivity index (χ1n) is 24.2. The fourth-order valence-electron chi connectivity index (χ4n) is 10.6. The van der Waals surface area contributed by atoms with Crippen molar-refractivity contribution in [3.8, 4) is 44.5 Å². The smallest absolute Gasteiger partial charge is 1.00 e. The molecule has 0 saturated carbocycles. The maximum absolute atomic E-state index is 12.4. The van der Waals surface area contributed by atoms with E-state index < -0.39 is 0 Å². The molecule has 0 unspecified atom stereocenters. The zero-order chi connectivity index (χ0) is 48.8. The number of fused-ring (bicyclic) bond motifs is 13. The summed E-state index contributed by atoms with van der Waals surface area (Å²) in [7, 11) is 0. The van der Waals surface area contributed by atoms with E-state index in [0.717, 1.165) is 26.7 Å². The fourth-order valence-corrected chi connectivity index (χ4v) is 11.1. The van der Waals surface area contributed by atoms with Crippen molar-refractivity contribution in [3.05, 3.63) is 233 Å². The molecule has 0 radical (unpaired) electrons. The van der Waals surface area contributed by atoms with Crippen LogP contribution in [0.3, 0.4) is 0 Å². The summed E-state index contributed by atoms with van der Waals surface area (Å²) in [5.41, 5.74) is 30.9. The molecule has 8 aromatic rings. The van der Waals surface area contributed by atoms with Gasteiger partial charge in [-0.3, -0.25) is 4.79 Å². The Bertz CT molecular complexity index is 3240. The van der Waals surface area contributed by atoms with E-state index >= 15 is 0 Å². The van der Waals surface area contributed by atoms with Gasteiger partial charge >= 0.3 is 51.4 Å². The van der Waals surface area contributed by atoms with Crippen LogP contribution in [-0.4, -0.2) is 5.78 Å². The zero-order valence-corrected chi connectivity index (χ0v) is 48.3. The van der Waals surface area contributed by atoms with Crippen molar-refractivity contribution in [3.63, 3.8) is 0 Å². The molecular formula is C68H74BrKO. The van der Waals surface area contributed by atoms with Crippen molar-refractivity contribution in [2.75, 3.05) is 0 Å². The molecule has 3 aliphatic carbocycles. The van der Waals surface area contributed by atoms with Crippen molar-refractivity contribution < 1.29 is 57.6 Å². The van der Waals surface area contributed by atoms with Gasteiger partial charge in [-0.1, -0.05) is 194 Å². The number of hydrogen-bond donors (Lipinski definition) is 0. The number of ketones is 1. The van der Waals surface area contributed by atoms with Crippen LogP contribution in [0.5, 0.6) is 0 Å². The Kier molecular flexibility index (Phi) is 16.4. The number of aryl methyl sites for hydroxylation is 8. The molecule has 3 heteroatoms. The normalized spacial score (nSPS) is 12.8. The number of carbonyl (C=O) groups excluding carboxylic acids is 1. The summed E-state index contributed by atoms with van der Waals surface area (Å²) < 4.78 is 1.14. The molecule has 0 saturated heterocycles. The summed E-state index contributed by atoms with van der Waals surface area (Å²) in [4.78, 5) is 12.4. The summed E-state index contributed by atoms with van der Waals surface area (Å²) in [6.07, 6.45) is 0. The van der Waals surface area contributed by atoms with E-state index in [4.69, 9.17) is 0 Å². The second-order valence-corrected chi connectivity index (χ2v) is 22.7. The standard InChI is InChI=1S/C33H32.C17H16O.C16H17Br.2CH4.K.H/c1-19-14-26-27-15-20(2)22(4)17-30(27)33(29(26)16-21(19)3)28-11-9-8-10-24(28)25-13-12-23(18-31(25)33)32(5,6)7;1-9-5-13-14-6-10(2)12(4)8-16(14)17(18)15(13)7-11(9)3;1-16(2,3)13-10-8-12(9-11-13)14-6-4-5-7-15(14)17;;;;/h8-18H,1-7H3;5-8H,1-4H3;4-11H,1-3H3;2*1H4;;/q;;;;;+1;-1. The van der Waals surface area contributed by atoms with Gasteiger partial charge in [0.05, 0.1) is 5.41 Å². The molecule has 0 atom stereocenters. The minimum atomic E-state index is -0.255. The van der Waals surface area contributed by atoms with E-state index in [0.29, 0.717) is 0 Å². The minimum absolute atomic E-state index is 0. The second kappa shape index (κ2) is 20.8. The SMILES string of the molecule is C.C.CC(C)(C)c1ccc(-c2ccccc2Br)cc1.Cc1cc2c(cc1C)-c1cc(C)c(C)cc1C2=O.Cc1cc2c(cc1C)C1(c3ccccc3-c3ccc(C(C)(C)C)cc31)c1cc(C)c(C)cc1-2.[H-].[K+]. The summed E-state index contributed by atoms with van der Waals surface area (Å²) >= 11 is 3.59. The number of carbonyl (C=O) groups is 1. The largest absolute Gasteiger partial charge is 1.00 e.